The largest absolute Gasteiger partial charge is 0.236 e. The molecule has 3 heterocycles. The summed E-state index contributed by atoms with van der Waals surface area (Å²) in [6.07, 6.45) is 0. The van der Waals surface area contributed by atoms with Crippen LogP contribution in [0, 0.1) is 0 Å². The average molecular weight is 675 g/mol. The molecule has 4 nitrogen and oxygen atoms in total. The van der Waals surface area contributed by atoms with Gasteiger partial charge in [0.25, 0.3) is 0 Å². The molecule has 10 rings (SSSR count). The van der Waals surface area contributed by atoms with Crippen molar-refractivity contribution in [2.45, 2.75) is 0 Å². The van der Waals surface area contributed by atoms with Crippen LogP contribution in [0.4, 0.5) is 0 Å². The molecule has 0 aliphatic heterocycles. The van der Waals surface area contributed by atoms with Gasteiger partial charge in [-0.3, -0.25) is 0 Å². The number of benzene rings is 7. The van der Waals surface area contributed by atoms with Gasteiger partial charge in [0, 0.05) is 42.4 Å². The summed E-state index contributed by atoms with van der Waals surface area (Å²) in [5, 5.41) is 5.66. The minimum Gasteiger partial charge on any atom is -0.236 e. The molecule has 6 heteroatoms. The fourth-order valence-electron chi connectivity index (χ4n) is 6.66. The predicted molar refractivity (Wildman–Crippen MR) is 211 cm³/mol. The number of hydrogen-bond acceptors (Lipinski definition) is 6. The first-order valence-corrected chi connectivity index (χ1v) is 18.1. The molecule has 50 heavy (non-hydrogen) atoms. The standard InChI is InChI=1S/C44H26N4S2/c1-3-10-27(11-4-1)29-18-21-31(22-19-29)44-45-36-25-35-38(26-39(36)50-44)49-37-17-9-16-34(40(35)37)43-47-41(30-13-5-2-6-14-30)46-42(48-43)33-23-20-28-12-7-8-15-32(28)24-33/h1-26H. The SMILES string of the molecule is c1ccc(-c2ccc(-c3nc4cc5c(cc4s3)sc3cccc(-c4nc(-c6ccccc6)nc(-c6ccc7ccccc7c6)n4)c35)cc2)cc1. The number of hydrogen-bond donors (Lipinski definition) is 0. The Kier molecular flexibility index (Phi) is 6.82. The minimum absolute atomic E-state index is 0.653. The molecule has 0 fully saturated rings. The van der Waals surface area contributed by atoms with E-state index in [9.17, 15) is 0 Å². The van der Waals surface area contributed by atoms with Crippen LogP contribution in [0.25, 0.3) is 97.0 Å². The Hall–Kier alpha value is -6.08. The van der Waals surface area contributed by atoms with E-state index in [4.69, 9.17) is 19.9 Å². The second-order valence-corrected chi connectivity index (χ2v) is 14.4. The maximum Gasteiger partial charge on any atom is 0.164 e. The van der Waals surface area contributed by atoms with E-state index in [0.717, 1.165) is 43.6 Å². The van der Waals surface area contributed by atoms with Crippen molar-refractivity contribution in [3.63, 3.8) is 0 Å². The summed E-state index contributed by atoms with van der Waals surface area (Å²) >= 11 is 3.54. The Labute approximate surface area is 296 Å². The first-order valence-electron chi connectivity index (χ1n) is 16.5. The van der Waals surface area contributed by atoms with Crippen LogP contribution in [0.15, 0.2) is 158 Å². The third kappa shape index (κ3) is 5.05. The summed E-state index contributed by atoms with van der Waals surface area (Å²) in [5.74, 6) is 1.96. The van der Waals surface area contributed by atoms with Crippen LogP contribution in [-0.2, 0) is 0 Å². The van der Waals surface area contributed by atoms with Crippen molar-refractivity contribution in [3.8, 4) is 55.9 Å². The van der Waals surface area contributed by atoms with Gasteiger partial charge in [0.05, 0.1) is 10.2 Å². The van der Waals surface area contributed by atoms with Crippen molar-refractivity contribution in [1.29, 1.82) is 0 Å². The molecule has 0 radical (unpaired) electrons. The van der Waals surface area contributed by atoms with E-state index in [1.807, 2.05) is 24.3 Å². The van der Waals surface area contributed by atoms with Crippen LogP contribution in [-0.4, -0.2) is 19.9 Å². The Bertz CT molecular complexity index is 2860. The first kappa shape index (κ1) is 28.9. The Morgan fingerprint density at radius 3 is 1.80 bits per heavy atom. The monoisotopic (exact) mass is 674 g/mol. The van der Waals surface area contributed by atoms with Crippen LogP contribution < -0.4 is 0 Å². The summed E-state index contributed by atoms with van der Waals surface area (Å²) in [6, 6.07) is 55.1. The van der Waals surface area contributed by atoms with Crippen molar-refractivity contribution in [1.82, 2.24) is 19.9 Å². The van der Waals surface area contributed by atoms with Crippen LogP contribution in [0.3, 0.4) is 0 Å². The quantitative estimate of drug-likeness (QED) is 0.182. The molecule has 0 aliphatic carbocycles. The molecule has 10 aromatic rings. The van der Waals surface area contributed by atoms with Gasteiger partial charge in [0.2, 0.25) is 0 Å². The molecule has 3 aromatic heterocycles. The zero-order chi connectivity index (χ0) is 33.0. The molecule has 0 amide bonds. The van der Waals surface area contributed by atoms with E-state index in [-0.39, 0.29) is 0 Å². The molecule has 0 aliphatic rings. The summed E-state index contributed by atoms with van der Waals surface area (Å²) in [4.78, 5) is 20.4. The van der Waals surface area contributed by atoms with Gasteiger partial charge in [-0.25, -0.2) is 19.9 Å². The lowest BCUT2D eigenvalue weighted by atomic mass is 10.0. The van der Waals surface area contributed by atoms with Gasteiger partial charge < -0.3 is 0 Å². The molecular formula is C44H26N4S2. The Morgan fingerprint density at radius 1 is 0.360 bits per heavy atom. The molecule has 0 atom stereocenters. The highest BCUT2D eigenvalue weighted by atomic mass is 32.1. The fourth-order valence-corrected chi connectivity index (χ4v) is 8.88. The molecule has 0 unspecified atom stereocenters. The van der Waals surface area contributed by atoms with Gasteiger partial charge in [-0.15, -0.1) is 22.7 Å². The lowest BCUT2D eigenvalue weighted by Crippen LogP contribution is -2.00. The number of aromatic nitrogens is 4. The number of thiophene rings is 1. The summed E-state index contributed by atoms with van der Waals surface area (Å²) in [5.41, 5.74) is 7.43. The first-order chi connectivity index (χ1) is 24.7. The molecule has 0 saturated heterocycles. The molecule has 0 bridgehead atoms. The lowest BCUT2D eigenvalue weighted by molar-refractivity contribution is 1.08. The molecule has 0 N–H and O–H groups in total. The average Bonchev–Trinajstić information content (AvgIpc) is 3.78. The van der Waals surface area contributed by atoms with Crippen LogP contribution in [0.2, 0.25) is 0 Å². The van der Waals surface area contributed by atoms with Crippen molar-refractivity contribution in [2.24, 2.45) is 0 Å². The Morgan fingerprint density at radius 2 is 1.00 bits per heavy atom. The number of thiazole rings is 1. The van der Waals surface area contributed by atoms with E-state index in [2.05, 4.69) is 133 Å². The predicted octanol–water partition coefficient (Wildman–Crippen LogP) is 12.3. The van der Waals surface area contributed by atoms with Crippen LogP contribution in [0.5, 0.6) is 0 Å². The van der Waals surface area contributed by atoms with Gasteiger partial charge in [-0.05, 0) is 46.2 Å². The highest BCUT2D eigenvalue weighted by Crippen LogP contribution is 2.43. The fraction of sp³-hybridized carbons (Fsp3) is 0. The minimum atomic E-state index is 0.653. The van der Waals surface area contributed by atoms with Gasteiger partial charge in [0.15, 0.2) is 17.5 Å². The van der Waals surface area contributed by atoms with E-state index in [1.54, 1.807) is 22.7 Å². The second kappa shape index (κ2) is 11.8. The molecule has 0 saturated carbocycles. The molecule has 234 valence electrons. The third-order valence-corrected chi connectivity index (χ3v) is 11.3. The topological polar surface area (TPSA) is 51.6 Å². The summed E-state index contributed by atoms with van der Waals surface area (Å²) in [6.45, 7) is 0. The normalized spacial score (nSPS) is 11.6. The zero-order valence-corrected chi connectivity index (χ0v) is 28.2. The van der Waals surface area contributed by atoms with Crippen LogP contribution in [0.1, 0.15) is 0 Å². The number of nitrogens with zero attached hydrogens (tertiary/aromatic N) is 4. The maximum atomic E-state index is 5.15. The van der Waals surface area contributed by atoms with Crippen molar-refractivity contribution < 1.29 is 0 Å². The zero-order valence-electron chi connectivity index (χ0n) is 26.6. The highest BCUT2D eigenvalue weighted by Gasteiger charge is 2.18. The molecule has 0 spiro atoms. The van der Waals surface area contributed by atoms with Crippen molar-refractivity contribution in [2.75, 3.05) is 0 Å². The molecule has 7 aromatic carbocycles. The Balaban J connectivity index is 1.12. The van der Waals surface area contributed by atoms with Crippen molar-refractivity contribution in [3.05, 3.63) is 158 Å². The van der Waals surface area contributed by atoms with Crippen molar-refractivity contribution >= 4 is 63.8 Å². The van der Waals surface area contributed by atoms with Gasteiger partial charge in [0.1, 0.15) is 5.01 Å². The van der Waals surface area contributed by atoms with Crippen LogP contribution >= 0.6 is 22.7 Å². The number of rotatable bonds is 5. The summed E-state index contributed by atoms with van der Waals surface area (Å²) in [7, 11) is 0. The smallest absolute Gasteiger partial charge is 0.164 e. The lowest BCUT2D eigenvalue weighted by Gasteiger charge is -2.10. The summed E-state index contributed by atoms with van der Waals surface area (Å²) < 4.78 is 3.60. The molecular weight excluding hydrogens is 649 g/mol. The maximum absolute atomic E-state index is 5.15. The third-order valence-electron chi connectivity index (χ3n) is 9.16. The van der Waals surface area contributed by atoms with E-state index in [1.165, 1.54) is 36.0 Å². The number of fused-ring (bicyclic) bond motifs is 5. The van der Waals surface area contributed by atoms with Gasteiger partial charge >= 0.3 is 0 Å². The highest BCUT2D eigenvalue weighted by molar-refractivity contribution is 7.26. The van der Waals surface area contributed by atoms with E-state index in [0.29, 0.717) is 17.5 Å². The van der Waals surface area contributed by atoms with E-state index >= 15 is 0 Å². The van der Waals surface area contributed by atoms with Gasteiger partial charge in [-0.1, -0.05) is 133 Å². The van der Waals surface area contributed by atoms with E-state index < -0.39 is 0 Å². The second-order valence-electron chi connectivity index (χ2n) is 12.3. The van der Waals surface area contributed by atoms with Gasteiger partial charge in [-0.2, -0.15) is 0 Å².